The van der Waals surface area contributed by atoms with Crippen LogP contribution in [0.5, 0.6) is 0 Å². The molecule has 2 saturated heterocycles. The molecule has 5 rings (SSSR count). The number of likely N-dealkylation sites (tertiary alicyclic amines) is 1. The van der Waals surface area contributed by atoms with Crippen molar-refractivity contribution in [3.8, 4) is 0 Å². The second kappa shape index (κ2) is 9.84. The van der Waals surface area contributed by atoms with Crippen molar-refractivity contribution < 1.29 is 14.0 Å². The topological polar surface area (TPSA) is 55.9 Å². The van der Waals surface area contributed by atoms with Crippen molar-refractivity contribution in [1.82, 2.24) is 20.0 Å². The highest BCUT2D eigenvalue weighted by molar-refractivity contribution is 5.98. The maximum Gasteiger partial charge on any atom is 0.254 e. The first-order chi connectivity index (χ1) is 16.5. The monoisotopic (exact) mass is 464 g/mol. The molecule has 0 spiro atoms. The van der Waals surface area contributed by atoms with Gasteiger partial charge in [0.2, 0.25) is 5.91 Å². The van der Waals surface area contributed by atoms with Crippen molar-refractivity contribution in [2.75, 3.05) is 32.7 Å². The lowest BCUT2D eigenvalue weighted by atomic mass is 10.1. The number of carbonyl (C=O) groups is 2. The number of halogens is 1. The van der Waals surface area contributed by atoms with Crippen molar-refractivity contribution in [3.05, 3.63) is 71.0 Å². The van der Waals surface area contributed by atoms with Crippen LogP contribution in [0.25, 0.3) is 0 Å². The minimum atomic E-state index is -0.486. The maximum atomic E-state index is 13.6. The van der Waals surface area contributed by atoms with Crippen LogP contribution >= 0.6 is 0 Å². The van der Waals surface area contributed by atoms with Crippen LogP contribution in [0.1, 0.15) is 40.7 Å². The molecule has 2 atom stereocenters. The van der Waals surface area contributed by atoms with Crippen molar-refractivity contribution in [1.29, 1.82) is 0 Å². The third kappa shape index (κ3) is 5.00. The van der Waals surface area contributed by atoms with Crippen LogP contribution in [0.15, 0.2) is 48.5 Å². The van der Waals surface area contributed by atoms with E-state index in [-0.39, 0.29) is 23.7 Å². The van der Waals surface area contributed by atoms with Gasteiger partial charge in [0, 0.05) is 56.9 Å². The number of amides is 2. The van der Waals surface area contributed by atoms with Crippen LogP contribution in [0.4, 0.5) is 4.39 Å². The molecule has 3 aliphatic rings. The normalized spacial score (nSPS) is 22.9. The van der Waals surface area contributed by atoms with Gasteiger partial charge in [-0.3, -0.25) is 14.5 Å². The van der Waals surface area contributed by atoms with Gasteiger partial charge >= 0.3 is 0 Å². The van der Waals surface area contributed by atoms with Crippen molar-refractivity contribution in [2.24, 2.45) is 0 Å². The van der Waals surface area contributed by atoms with Gasteiger partial charge < -0.3 is 15.1 Å². The Bertz CT molecular complexity index is 1020. The zero-order valence-corrected chi connectivity index (χ0v) is 19.8. The quantitative estimate of drug-likeness (QED) is 0.715. The minimum absolute atomic E-state index is 0.0329. The number of rotatable bonds is 6. The summed E-state index contributed by atoms with van der Waals surface area (Å²) in [5.41, 5.74) is 2.92. The molecule has 2 aliphatic heterocycles. The molecule has 1 aliphatic carbocycles. The van der Waals surface area contributed by atoms with Gasteiger partial charge in [0.05, 0.1) is 0 Å². The van der Waals surface area contributed by atoms with E-state index in [0.29, 0.717) is 37.7 Å². The number of aryl methyl sites for hydroxylation is 1. The van der Waals surface area contributed by atoms with Gasteiger partial charge in [0.1, 0.15) is 11.9 Å². The van der Waals surface area contributed by atoms with Crippen LogP contribution in [0, 0.1) is 12.7 Å². The number of nitrogens with zero attached hydrogens (tertiary/aromatic N) is 3. The Morgan fingerprint density at radius 1 is 1.00 bits per heavy atom. The summed E-state index contributed by atoms with van der Waals surface area (Å²) in [4.78, 5) is 33.2. The molecule has 7 heteroatoms. The summed E-state index contributed by atoms with van der Waals surface area (Å²) in [6.45, 7) is 6.29. The lowest BCUT2D eigenvalue weighted by Crippen LogP contribution is -2.53. The Morgan fingerprint density at radius 3 is 2.32 bits per heavy atom. The summed E-state index contributed by atoms with van der Waals surface area (Å²) < 4.78 is 13.5. The molecular weight excluding hydrogens is 431 g/mol. The fraction of sp³-hybridized carbons (Fsp3) is 0.481. The summed E-state index contributed by atoms with van der Waals surface area (Å²) in [7, 11) is 0. The van der Waals surface area contributed by atoms with E-state index in [1.54, 1.807) is 4.90 Å². The van der Waals surface area contributed by atoms with Crippen LogP contribution in [-0.4, -0.2) is 77.4 Å². The average molecular weight is 465 g/mol. The number of nitrogens with one attached hydrogen (secondary N) is 1. The molecule has 0 radical (unpaired) electrons. The van der Waals surface area contributed by atoms with Gasteiger partial charge in [-0.2, -0.15) is 0 Å². The highest BCUT2D eigenvalue weighted by Crippen LogP contribution is 2.35. The second-order valence-electron chi connectivity index (χ2n) is 9.83. The molecule has 180 valence electrons. The van der Waals surface area contributed by atoms with Gasteiger partial charge in [-0.1, -0.05) is 29.8 Å². The molecular formula is C27H33FN4O2. The number of hydrogen-bond donors (Lipinski definition) is 1. The first-order valence-electron chi connectivity index (χ1n) is 12.4. The number of piperazine rings is 1. The van der Waals surface area contributed by atoms with Gasteiger partial charge in [-0.15, -0.1) is 0 Å². The summed E-state index contributed by atoms with van der Waals surface area (Å²) >= 11 is 0. The molecule has 0 bridgehead atoms. The van der Waals surface area contributed by atoms with Crippen LogP contribution < -0.4 is 5.32 Å². The summed E-state index contributed by atoms with van der Waals surface area (Å²) in [5.74, 6) is -0.532. The third-order valence-electron chi connectivity index (χ3n) is 7.32. The van der Waals surface area contributed by atoms with Crippen LogP contribution in [0.2, 0.25) is 0 Å². The molecule has 2 amide bonds. The smallest absolute Gasteiger partial charge is 0.254 e. The molecule has 3 fully saturated rings. The molecule has 0 aromatic heterocycles. The fourth-order valence-electron chi connectivity index (χ4n) is 5.23. The maximum absolute atomic E-state index is 13.6. The average Bonchev–Trinajstić information content (AvgIpc) is 3.61. The highest BCUT2D eigenvalue weighted by Gasteiger charge is 2.46. The summed E-state index contributed by atoms with van der Waals surface area (Å²) in [5, 5.41) is 3.29. The molecule has 2 aromatic carbocycles. The number of benzene rings is 2. The molecule has 1 N–H and O–H groups in total. The second-order valence-corrected chi connectivity index (χ2v) is 9.83. The van der Waals surface area contributed by atoms with E-state index < -0.39 is 6.04 Å². The number of carbonyl (C=O) groups excluding carboxylic acids is 2. The first kappa shape index (κ1) is 23.0. The van der Waals surface area contributed by atoms with E-state index in [4.69, 9.17) is 0 Å². The summed E-state index contributed by atoms with van der Waals surface area (Å²) in [6.07, 6.45) is 2.95. The van der Waals surface area contributed by atoms with E-state index in [9.17, 15) is 14.0 Å². The predicted molar refractivity (Wildman–Crippen MR) is 129 cm³/mol. The van der Waals surface area contributed by atoms with Crippen LogP contribution in [0.3, 0.4) is 0 Å². The Hall–Kier alpha value is -2.77. The first-order valence-corrected chi connectivity index (χ1v) is 12.4. The van der Waals surface area contributed by atoms with Crippen molar-refractivity contribution >= 4 is 11.8 Å². The van der Waals surface area contributed by atoms with Gasteiger partial charge in [-0.05, 0) is 56.0 Å². The fourth-order valence-corrected chi connectivity index (χ4v) is 5.23. The lowest BCUT2D eigenvalue weighted by molar-refractivity contribution is -0.135. The Balaban J connectivity index is 1.39. The van der Waals surface area contributed by atoms with E-state index >= 15 is 0 Å². The van der Waals surface area contributed by atoms with E-state index in [1.165, 1.54) is 35.4 Å². The molecule has 2 unspecified atom stereocenters. The van der Waals surface area contributed by atoms with E-state index in [1.807, 2.05) is 4.90 Å². The third-order valence-corrected chi connectivity index (χ3v) is 7.32. The molecule has 6 nitrogen and oxygen atoms in total. The predicted octanol–water partition coefficient (Wildman–Crippen LogP) is 2.81. The standard InChI is InChI=1S/C27H33FN4O2/c1-19-2-4-20(5-3-19)17-31(23-10-11-23)24-16-25(27(34)30-14-12-29-13-15-30)32(18-24)26(33)21-6-8-22(28)9-7-21/h2-9,23-25,29H,10-18H2,1H3. The van der Waals surface area contributed by atoms with E-state index in [2.05, 4.69) is 41.4 Å². The Kier molecular flexibility index (Phi) is 6.66. The molecule has 2 heterocycles. The highest BCUT2D eigenvalue weighted by atomic mass is 19.1. The SMILES string of the molecule is Cc1ccc(CN(C2CC2)C2CC(C(=O)N3CCNCC3)N(C(=O)c3ccc(F)cc3)C2)cc1. The minimum Gasteiger partial charge on any atom is -0.338 e. The van der Waals surface area contributed by atoms with Crippen molar-refractivity contribution in [3.63, 3.8) is 0 Å². The molecule has 34 heavy (non-hydrogen) atoms. The number of hydrogen-bond acceptors (Lipinski definition) is 4. The zero-order chi connectivity index (χ0) is 23.7. The van der Waals surface area contributed by atoms with E-state index in [0.717, 1.165) is 32.5 Å². The Morgan fingerprint density at radius 2 is 1.68 bits per heavy atom. The van der Waals surface area contributed by atoms with Crippen molar-refractivity contribution in [2.45, 2.75) is 50.9 Å². The molecule has 2 aromatic rings. The van der Waals surface area contributed by atoms with Gasteiger partial charge in [0.15, 0.2) is 0 Å². The molecule has 1 saturated carbocycles. The largest absolute Gasteiger partial charge is 0.338 e. The van der Waals surface area contributed by atoms with Crippen LogP contribution in [-0.2, 0) is 11.3 Å². The Labute approximate surface area is 200 Å². The summed E-state index contributed by atoms with van der Waals surface area (Å²) in [6, 6.07) is 14.4. The lowest BCUT2D eigenvalue weighted by Gasteiger charge is -2.32. The zero-order valence-electron chi connectivity index (χ0n) is 19.8. The van der Waals surface area contributed by atoms with Gasteiger partial charge in [-0.25, -0.2) is 4.39 Å². The van der Waals surface area contributed by atoms with Gasteiger partial charge in [0.25, 0.3) is 5.91 Å².